The number of methoxy groups -OCH3 is 1. The van der Waals surface area contributed by atoms with Crippen LogP contribution >= 0.6 is 0 Å². The van der Waals surface area contributed by atoms with E-state index in [0.717, 1.165) is 31.7 Å². The van der Waals surface area contributed by atoms with Crippen LogP contribution < -0.4 is 11.3 Å². The van der Waals surface area contributed by atoms with Gasteiger partial charge < -0.3 is 4.74 Å². The summed E-state index contributed by atoms with van der Waals surface area (Å²) in [6.45, 7) is 4.44. The molecule has 0 aliphatic heterocycles. The van der Waals surface area contributed by atoms with E-state index in [-0.39, 0.29) is 5.41 Å². The second kappa shape index (κ2) is 5.99. The molecule has 1 aliphatic rings. The third-order valence-corrected chi connectivity index (χ3v) is 4.77. The first-order chi connectivity index (χ1) is 9.82. The topological polar surface area (TPSA) is 47.3 Å². The van der Waals surface area contributed by atoms with E-state index in [1.807, 2.05) is 0 Å². The minimum Gasteiger partial charge on any atom is -0.376 e. The zero-order chi connectivity index (χ0) is 15.7. The van der Waals surface area contributed by atoms with Gasteiger partial charge in [-0.2, -0.15) is 0 Å². The Morgan fingerprint density at radius 3 is 2.05 bits per heavy atom. The predicted octanol–water partition coefficient (Wildman–Crippen LogP) is 3.45. The Morgan fingerprint density at radius 1 is 1.10 bits per heavy atom. The Hall–Kier alpha value is -1.04. The van der Waals surface area contributed by atoms with Crippen LogP contribution in [0.5, 0.6) is 0 Å². The van der Waals surface area contributed by atoms with E-state index < -0.39 is 23.3 Å². The van der Waals surface area contributed by atoms with E-state index in [9.17, 15) is 8.78 Å². The maximum Gasteiger partial charge on any atom is 0.126 e. The summed E-state index contributed by atoms with van der Waals surface area (Å²) in [7, 11) is 1.64. The van der Waals surface area contributed by atoms with Crippen molar-refractivity contribution >= 4 is 0 Å². The van der Waals surface area contributed by atoms with Crippen LogP contribution in [0, 0.1) is 17.0 Å². The van der Waals surface area contributed by atoms with Crippen LogP contribution in [-0.2, 0) is 4.74 Å². The molecule has 3 N–H and O–H groups in total. The number of hydrogen-bond donors (Lipinski definition) is 2. The van der Waals surface area contributed by atoms with Crippen LogP contribution in [0.1, 0.15) is 51.1 Å². The van der Waals surface area contributed by atoms with Crippen LogP contribution in [0.15, 0.2) is 18.2 Å². The number of ether oxygens (including phenoxy) is 1. The molecule has 0 aromatic heterocycles. The van der Waals surface area contributed by atoms with E-state index in [1.54, 1.807) is 7.11 Å². The third-order valence-electron chi connectivity index (χ3n) is 4.77. The van der Waals surface area contributed by atoms with E-state index >= 15 is 0 Å². The Bertz CT molecular complexity index is 475. The van der Waals surface area contributed by atoms with Gasteiger partial charge in [0.05, 0.1) is 11.6 Å². The SMILES string of the molecule is COC1(C(NN)c2cc(F)cc(F)c2)CCC(C)(C)CC1. The molecule has 0 amide bonds. The van der Waals surface area contributed by atoms with Gasteiger partial charge in [-0.3, -0.25) is 11.3 Å². The van der Waals surface area contributed by atoms with Gasteiger partial charge in [-0.15, -0.1) is 0 Å². The van der Waals surface area contributed by atoms with Crippen LogP contribution in [0.4, 0.5) is 8.78 Å². The molecule has 1 aromatic carbocycles. The Morgan fingerprint density at radius 2 is 1.62 bits per heavy atom. The Labute approximate surface area is 124 Å². The van der Waals surface area contributed by atoms with Crippen LogP contribution in [0.2, 0.25) is 0 Å². The number of hydrogen-bond acceptors (Lipinski definition) is 3. The van der Waals surface area contributed by atoms with E-state index in [0.29, 0.717) is 5.56 Å². The van der Waals surface area contributed by atoms with Gasteiger partial charge in [0.25, 0.3) is 0 Å². The fourth-order valence-corrected chi connectivity index (χ4v) is 3.25. The van der Waals surface area contributed by atoms with Gasteiger partial charge >= 0.3 is 0 Å². The van der Waals surface area contributed by atoms with E-state index in [4.69, 9.17) is 10.6 Å². The Balaban J connectivity index is 2.34. The van der Waals surface area contributed by atoms with E-state index in [2.05, 4.69) is 19.3 Å². The second-order valence-corrected chi connectivity index (χ2v) is 6.74. The normalized spacial score (nSPS) is 22.0. The zero-order valence-electron chi connectivity index (χ0n) is 12.9. The van der Waals surface area contributed by atoms with Gasteiger partial charge in [0, 0.05) is 13.2 Å². The maximum absolute atomic E-state index is 13.5. The van der Waals surface area contributed by atoms with Gasteiger partial charge in [0.1, 0.15) is 11.6 Å². The maximum atomic E-state index is 13.5. The molecule has 1 aromatic rings. The molecule has 1 fully saturated rings. The molecular weight excluding hydrogens is 274 g/mol. The van der Waals surface area contributed by atoms with Gasteiger partial charge in [0.15, 0.2) is 0 Å². The molecule has 0 radical (unpaired) electrons. The highest BCUT2D eigenvalue weighted by Crippen LogP contribution is 2.47. The molecule has 1 atom stereocenters. The van der Waals surface area contributed by atoms with E-state index in [1.165, 1.54) is 12.1 Å². The predicted molar refractivity (Wildman–Crippen MR) is 78.4 cm³/mol. The molecule has 1 unspecified atom stereocenters. The molecule has 0 heterocycles. The molecule has 2 rings (SSSR count). The van der Waals surface area contributed by atoms with Crippen molar-refractivity contribution in [3.05, 3.63) is 35.4 Å². The molecule has 1 aliphatic carbocycles. The fraction of sp³-hybridized carbons (Fsp3) is 0.625. The summed E-state index contributed by atoms with van der Waals surface area (Å²) in [5, 5.41) is 0. The third kappa shape index (κ3) is 3.42. The van der Waals surface area contributed by atoms with Gasteiger partial charge in [-0.1, -0.05) is 13.8 Å². The summed E-state index contributed by atoms with van der Waals surface area (Å²) in [4.78, 5) is 0. The lowest BCUT2D eigenvalue weighted by Gasteiger charge is -2.47. The number of benzene rings is 1. The number of hydrazine groups is 1. The monoisotopic (exact) mass is 298 g/mol. The average Bonchev–Trinajstić information content (AvgIpc) is 2.41. The summed E-state index contributed by atoms with van der Waals surface area (Å²) < 4.78 is 32.8. The molecular formula is C16H24F2N2O. The first kappa shape index (κ1) is 16.3. The second-order valence-electron chi connectivity index (χ2n) is 6.74. The minimum absolute atomic E-state index is 0.258. The van der Waals surface area contributed by atoms with Crippen molar-refractivity contribution in [3.8, 4) is 0 Å². The smallest absolute Gasteiger partial charge is 0.126 e. The lowest BCUT2D eigenvalue weighted by atomic mass is 9.67. The van der Waals surface area contributed by atoms with Crippen molar-refractivity contribution in [2.24, 2.45) is 11.3 Å². The average molecular weight is 298 g/mol. The first-order valence-electron chi connectivity index (χ1n) is 7.29. The molecule has 0 saturated heterocycles. The van der Waals surface area contributed by atoms with Crippen molar-refractivity contribution < 1.29 is 13.5 Å². The summed E-state index contributed by atoms with van der Waals surface area (Å²) in [6.07, 6.45) is 3.56. The molecule has 21 heavy (non-hydrogen) atoms. The standard InChI is InChI=1S/C16H24F2N2O/c1-15(2)4-6-16(21-3,7-5-15)14(20-19)11-8-12(17)10-13(18)9-11/h8-10,14,20H,4-7,19H2,1-3H3. The lowest BCUT2D eigenvalue weighted by molar-refractivity contribution is -0.0878. The van der Waals surface area contributed by atoms with Crippen LogP contribution in [-0.4, -0.2) is 12.7 Å². The van der Waals surface area contributed by atoms with Crippen LogP contribution in [0.25, 0.3) is 0 Å². The van der Waals surface area contributed by atoms with Crippen molar-refractivity contribution in [1.29, 1.82) is 0 Å². The number of nitrogens with one attached hydrogen (secondary N) is 1. The van der Waals surface area contributed by atoms with Gasteiger partial charge in [-0.05, 0) is 48.8 Å². The molecule has 1 saturated carbocycles. The minimum atomic E-state index is -0.604. The summed E-state index contributed by atoms with van der Waals surface area (Å²) >= 11 is 0. The fourth-order valence-electron chi connectivity index (χ4n) is 3.25. The molecule has 5 heteroatoms. The lowest BCUT2D eigenvalue weighted by Crippen LogP contribution is -2.51. The molecule has 118 valence electrons. The summed E-state index contributed by atoms with van der Waals surface area (Å²) in [5.74, 6) is 4.48. The molecule has 0 spiro atoms. The zero-order valence-corrected chi connectivity index (χ0v) is 12.9. The Kier molecular flexibility index (Phi) is 4.66. The van der Waals surface area contributed by atoms with Crippen molar-refractivity contribution in [3.63, 3.8) is 0 Å². The first-order valence-corrected chi connectivity index (χ1v) is 7.29. The summed E-state index contributed by atoms with van der Waals surface area (Å²) in [5.41, 5.74) is 2.91. The van der Waals surface area contributed by atoms with Crippen LogP contribution in [0.3, 0.4) is 0 Å². The largest absolute Gasteiger partial charge is 0.376 e. The molecule has 0 bridgehead atoms. The van der Waals surface area contributed by atoms with Crippen molar-refractivity contribution in [1.82, 2.24) is 5.43 Å². The highest BCUT2D eigenvalue weighted by Gasteiger charge is 2.44. The number of nitrogens with two attached hydrogens (primary N) is 1. The van der Waals surface area contributed by atoms with Crippen molar-refractivity contribution in [2.75, 3.05) is 7.11 Å². The molecule has 3 nitrogen and oxygen atoms in total. The highest BCUT2D eigenvalue weighted by atomic mass is 19.1. The number of halogens is 2. The van der Waals surface area contributed by atoms with Gasteiger partial charge in [0.2, 0.25) is 0 Å². The highest BCUT2D eigenvalue weighted by molar-refractivity contribution is 5.25. The van der Waals surface area contributed by atoms with Gasteiger partial charge in [-0.25, -0.2) is 8.78 Å². The summed E-state index contributed by atoms with van der Waals surface area (Å²) in [6, 6.07) is 3.05. The number of rotatable bonds is 4. The quantitative estimate of drug-likeness (QED) is 0.661. The van der Waals surface area contributed by atoms with Crippen molar-refractivity contribution in [2.45, 2.75) is 51.2 Å².